The number of rotatable bonds is 3. The van der Waals surface area contributed by atoms with E-state index in [1.54, 1.807) is 24.3 Å². The maximum absolute atomic E-state index is 10.8. The topological polar surface area (TPSA) is 141 Å². The van der Waals surface area contributed by atoms with Gasteiger partial charge in [-0.2, -0.15) is 9.97 Å². The van der Waals surface area contributed by atoms with Gasteiger partial charge in [0.05, 0.1) is 17.5 Å². The van der Waals surface area contributed by atoms with Crippen LogP contribution >= 0.6 is 0 Å². The Labute approximate surface area is 130 Å². The van der Waals surface area contributed by atoms with Gasteiger partial charge in [-0.1, -0.05) is 18.2 Å². The Morgan fingerprint density at radius 1 is 1.04 bits per heavy atom. The summed E-state index contributed by atoms with van der Waals surface area (Å²) in [6.07, 6.45) is 5.06. The van der Waals surface area contributed by atoms with Crippen LogP contribution in [0.2, 0.25) is 0 Å². The Balaban J connectivity index is 1.90. The van der Waals surface area contributed by atoms with Crippen molar-refractivity contribution in [2.75, 3.05) is 11.5 Å². The highest BCUT2D eigenvalue weighted by molar-refractivity contribution is 5.88. The summed E-state index contributed by atoms with van der Waals surface area (Å²) >= 11 is 0. The van der Waals surface area contributed by atoms with E-state index in [2.05, 4.69) is 19.9 Å². The Bertz CT molecular complexity index is 921. The number of carboxylic acid groups (broad SMARTS) is 1. The van der Waals surface area contributed by atoms with E-state index in [0.717, 1.165) is 5.56 Å². The molecule has 114 valence electrons. The van der Waals surface area contributed by atoms with E-state index in [9.17, 15) is 4.79 Å². The minimum absolute atomic E-state index is 0.0473. The highest BCUT2D eigenvalue weighted by atomic mass is 16.4. The van der Waals surface area contributed by atoms with Crippen molar-refractivity contribution in [3.05, 3.63) is 47.3 Å². The average molecular weight is 308 g/mol. The number of anilines is 2. The zero-order valence-corrected chi connectivity index (χ0v) is 11.8. The van der Waals surface area contributed by atoms with Crippen molar-refractivity contribution in [3.8, 4) is 0 Å². The maximum Gasteiger partial charge on any atom is 0.335 e. The lowest BCUT2D eigenvalue weighted by atomic mass is 10.1. The first-order chi connectivity index (χ1) is 11.0. The SMILES string of the molecule is Nc1nc(N)c2nc(/C=C/c3ccc(C(=O)O)cc3)cnc2n1. The average Bonchev–Trinajstić information content (AvgIpc) is 2.53. The Morgan fingerprint density at radius 2 is 1.78 bits per heavy atom. The van der Waals surface area contributed by atoms with E-state index in [0.29, 0.717) is 16.9 Å². The summed E-state index contributed by atoms with van der Waals surface area (Å²) in [5.41, 5.74) is 13.6. The van der Waals surface area contributed by atoms with Crippen LogP contribution in [0.4, 0.5) is 11.8 Å². The van der Waals surface area contributed by atoms with Crippen LogP contribution in [0.15, 0.2) is 30.5 Å². The number of aromatic nitrogens is 4. The highest BCUT2D eigenvalue weighted by Crippen LogP contribution is 2.16. The van der Waals surface area contributed by atoms with Gasteiger partial charge in [0, 0.05) is 0 Å². The van der Waals surface area contributed by atoms with E-state index in [4.69, 9.17) is 16.6 Å². The number of carbonyl (C=O) groups is 1. The van der Waals surface area contributed by atoms with Crippen molar-refractivity contribution >= 4 is 41.1 Å². The lowest BCUT2D eigenvalue weighted by molar-refractivity contribution is 0.0697. The van der Waals surface area contributed by atoms with Gasteiger partial charge < -0.3 is 16.6 Å². The first-order valence-electron chi connectivity index (χ1n) is 6.60. The molecule has 0 bridgehead atoms. The molecule has 23 heavy (non-hydrogen) atoms. The zero-order chi connectivity index (χ0) is 16.4. The molecule has 0 unspecified atom stereocenters. The van der Waals surface area contributed by atoms with Crippen molar-refractivity contribution < 1.29 is 9.90 Å². The molecule has 0 aliphatic rings. The number of benzene rings is 1. The Morgan fingerprint density at radius 3 is 2.48 bits per heavy atom. The molecule has 0 fully saturated rings. The normalized spacial score (nSPS) is 11.1. The molecule has 8 nitrogen and oxygen atoms in total. The van der Waals surface area contributed by atoms with E-state index in [1.807, 2.05) is 0 Å². The van der Waals surface area contributed by atoms with E-state index in [1.165, 1.54) is 18.3 Å². The minimum atomic E-state index is -0.962. The molecule has 1 aromatic carbocycles. The molecule has 0 saturated carbocycles. The van der Waals surface area contributed by atoms with Crippen LogP contribution in [0.25, 0.3) is 23.3 Å². The second-order valence-electron chi connectivity index (χ2n) is 4.69. The van der Waals surface area contributed by atoms with Gasteiger partial charge in [0.15, 0.2) is 17.0 Å². The summed E-state index contributed by atoms with van der Waals surface area (Å²) in [4.78, 5) is 27.1. The largest absolute Gasteiger partial charge is 0.478 e. The first kappa shape index (κ1) is 14.4. The van der Waals surface area contributed by atoms with Gasteiger partial charge >= 0.3 is 5.97 Å². The summed E-state index contributed by atoms with van der Waals surface area (Å²) < 4.78 is 0. The molecule has 0 saturated heterocycles. The van der Waals surface area contributed by atoms with Gasteiger partial charge in [0.1, 0.15) is 0 Å². The van der Waals surface area contributed by atoms with E-state index < -0.39 is 5.97 Å². The third-order valence-corrected chi connectivity index (χ3v) is 3.07. The number of nitrogen functional groups attached to an aromatic ring is 2. The lowest BCUT2D eigenvalue weighted by Gasteiger charge is -2.01. The third-order valence-electron chi connectivity index (χ3n) is 3.07. The first-order valence-corrected chi connectivity index (χ1v) is 6.60. The van der Waals surface area contributed by atoms with Gasteiger partial charge in [-0.05, 0) is 23.8 Å². The number of aromatic carboxylic acids is 1. The molecule has 0 radical (unpaired) electrons. The smallest absolute Gasteiger partial charge is 0.335 e. The van der Waals surface area contributed by atoms with Crippen molar-refractivity contribution in [2.45, 2.75) is 0 Å². The monoisotopic (exact) mass is 308 g/mol. The number of nitrogens with two attached hydrogens (primary N) is 2. The van der Waals surface area contributed by atoms with Gasteiger partial charge in [0.2, 0.25) is 5.95 Å². The van der Waals surface area contributed by atoms with Crippen LogP contribution in [0, 0.1) is 0 Å². The molecule has 3 rings (SSSR count). The van der Waals surface area contributed by atoms with Gasteiger partial charge in [-0.15, -0.1) is 0 Å². The number of fused-ring (bicyclic) bond motifs is 1. The molecular formula is C15H12N6O2. The fraction of sp³-hybridized carbons (Fsp3) is 0. The summed E-state index contributed by atoms with van der Waals surface area (Å²) in [5, 5.41) is 8.86. The summed E-state index contributed by atoms with van der Waals surface area (Å²) in [6, 6.07) is 6.46. The molecule has 8 heteroatoms. The predicted octanol–water partition coefficient (Wildman–Crippen LogP) is 1.45. The Kier molecular flexibility index (Phi) is 3.55. The van der Waals surface area contributed by atoms with Crippen molar-refractivity contribution in [1.29, 1.82) is 0 Å². The van der Waals surface area contributed by atoms with Crippen LogP contribution < -0.4 is 11.5 Å². The van der Waals surface area contributed by atoms with Crippen molar-refractivity contribution in [2.24, 2.45) is 0 Å². The molecule has 3 aromatic rings. The van der Waals surface area contributed by atoms with Crippen LogP contribution in [0.3, 0.4) is 0 Å². The molecule has 0 atom stereocenters. The molecule has 0 spiro atoms. The second-order valence-corrected chi connectivity index (χ2v) is 4.69. The van der Waals surface area contributed by atoms with Crippen LogP contribution in [0.5, 0.6) is 0 Å². The number of hydrogen-bond donors (Lipinski definition) is 3. The van der Waals surface area contributed by atoms with Gasteiger partial charge in [0.25, 0.3) is 0 Å². The quantitative estimate of drug-likeness (QED) is 0.660. The second kappa shape index (κ2) is 5.68. The lowest BCUT2D eigenvalue weighted by Crippen LogP contribution is -2.03. The molecule has 2 aromatic heterocycles. The molecule has 0 amide bonds. The number of carboxylic acids is 1. The molecule has 0 aliphatic heterocycles. The maximum atomic E-state index is 10.8. The Hall–Kier alpha value is -3.55. The molecule has 2 heterocycles. The van der Waals surface area contributed by atoms with Gasteiger partial charge in [-0.3, -0.25) is 0 Å². The summed E-state index contributed by atoms with van der Waals surface area (Å²) in [5.74, 6) is -0.747. The van der Waals surface area contributed by atoms with Gasteiger partial charge in [-0.25, -0.2) is 14.8 Å². The number of hydrogen-bond acceptors (Lipinski definition) is 7. The minimum Gasteiger partial charge on any atom is -0.478 e. The summed E-state index contributed by atoms with van der Waals surface area (Å²) in [7, 11) is 0. The van der Waals surface area contributed by atoms with Crippen LogP contribution in [-0.2, 0) is 0 Å². The molecular weight excluding hydrogens is 296 g/mol. The standard InChI is InChI=1S/C15H12N6O2/c16-12-11-13(21-15(17)20-12)18-7-10(19-11)6-3-8-1-4-9(5-2-8)14(22)23/h1-7H,(H,22,23)(H4,16,17,18,20,21)/b6-3+. The fourth-order valence-electron chi connectivity index (χ4n) is 1.96. The number of nitrogens with zero attached hydrogens (tertiary/aromatic N) is 4. The summed E-state index contributed by atoms with van der Waals surface area (Å²) in [6.45, 7) is 0. The van der Waals surface area contributed by atoms with Crippen molar-refractivity contribution in [3.63, 3.8) is 0 Å². The molecule has 0 aliphatic carbocycles. The van der Waals surface area contributed by atoms with Crippen molar-refractivity contribution in [1.82, 2.24) is 19.9 Å². The van der Waals surface area contributed by atoms with E-state index in [-0.39, 0.29) is 17.3 Å². The zero-order valence-electron chi connectivity index (χ0n) is 11.8. The van der Waals surface area contributed by atoms with Crippen LogP contribution in [-0.4, -0.2) is 31.0 Å². The van der Waals surface area contributed by atoms with E-state index >= 15 is 0 Å². The fourth-order valence-corrected chi connectivity index (χ4v) is 1.96. The van der Waals surface area contributed by atoms with Crippen LogP contribution in [0.1, 0.15) is 21.6 Å². The third kappa shape index (κ3) is 3.05. The predicted molar refractivity (Wildman–Crippen MR) is 86.3 cm³/mol. The highest BCUT2D eigenvalue weighted by Gasteiger charge is 2.06. The molecule has 5 N–H and O–H groups in total.